The molecule has 1 aromatic carbocycles. The van der Waals surface area contributed by atoms with E-state index in [1.165, 1.54) is 25.0 Å². The summed E-state index contributed by atoms with van der Waals surface area (Å²) in [7, 11) is 0. The van der Waals surface area contributed by atoms with Gasteiger partial charge < -0.3 is 15.7 Å². The molecule has 0 atom stereocenters. The molecule has 2 amide bonds. The van der Waals surface area contributed by atoms with Crippen LogP contribution in [0.1, 0.15) is 41.6 Å². The lowest BCUT2D eigenvalue weighted by atomic mass is 10.1. The van der Waals surface area contributed by atoms with Gasteiger partial charge in [0.05, 0.1) is 5.56 Å². The van der Waals surface area contributed by atoms with Gasteiger partial charge in [-0.3, -0.25) is 0 Å². The van der Waals surface area contributed by atoms with E-state index < -0.39 is 5.97 Å². The van der Waals surface area contributed by atoms with Crippen molar-refractivity contribution in [1.29, 1.82) is 0 Å². The minimum absolute atomic E-state index is 0.158. The molecule has 0 spiro atoms. The molecular formula is C14H18N2O3. The molecular weight excluding hydrogens is 244 g/mol. The molecule has 5 heteroatoms. The first-order chi connectivity index (χ1) is 9.15. The first-order valence-corrected chi connectivity index (χ1v) is 6.52. The lowest BCUT2D eigenvalue weighted by Crippen LogP contribution is -2.40. The van der Waals surface area contributed by atoms with Crippen molar-refractivity contribution >= 4 is 12.0 Å². The monoisotopic (exact) mass is 262 g/mol. The van der Waals surface area contributed by atoms with Gasteiger partial charge in [-0.1, -0.05) is 25.0 Å². The molecule has 1 aromatic rings. The van der Waals surface area contributed by atoms with Crippen molar-refractivity contribution in [2.24, 2.45) is 0 Å². The number of hydrogen-bond donors (Lipinski definition) is 3. The molecule has 19 heavy (non-hydrogen) atoms. The third kappa shape index (κ3) is 3.98. The second-order valence-electron chi connectivity index (χ2n) is 4.81. The Kier molecular flexibility index (Phi) is 4.39. The Morgan fingerprint density at radius 2 is 1.79 bits per heavy atom. The van der Waals surface area contributed by atoms with E-state index in [9.17, 15) is 9.59 Å². The summed E-state index contributed by atoms with van der Waals surface area (Å²) in [6, 6.07) is 6.63. The average molecular weight is 262 g/mol. The number of carbonyl (C=O) groups excluding carboxylic acids is 1. The SMILES string of the molecule is O=C(NCc1ccc(C(=O)O)cc1)NC1CCCC1. The van der Waals surface area contributed by atoms with Crippen LogP contribution in [0.25, 0.3) is 0 Å². The van der Waals surface area contributed by atoms with Crippen LogP contribution < -0.4 is 10.6 Å². The molecule has 0 aliphatic heterocycles. The highest BCUT2D eigenvalue weighted by atomic mass is 16.4. The average Bonchev–Trinajstić information content (AvgIpc) is 2.89. The van der Waals surface area contributed by atoms with E-state index >= 15 is 0 Å². The van der Waals surface area contributed by atoms with Crippen molar-refractivity contribution in [3.8, 4) is 0 Å². The second-order valence-corrected chi connectivity index (χ2v) is 4.81. The summed E-state index contributed by atoms with van der Waals surface area (Å²) in [5.41, 5.74) is 1.13. The molecule has 1 aliphatic carbocycles. The summed E-state index contributed by atoms with van der Waals surface area (Å²) in [4.78, 5) is 22.3. The molecule has 0 radical (unpaired) electrons. The Bertz CT molecular complexity index is 450. The van der Waals surface area contributed by atoms with Crippen LogP contribution in [0.3, 0.4) is 0 Å². The lowest BCUT2D eigenvalue weighted by molar-refractivity contribution is 0.0697. The number of urea groups is 1. The van der Waals surface area contributed by atoms with Crippen molar-refractivity contribution < 1.29 is 14.7 Å². The van der Waals surface area contributed by atoms with Gasteiger partial charge in [0.25, 0.3) is 0 Å². The zero-order valence-electron chi connectivity index (χ0n) is 10.7. The summed E-state index contributed by atoms with van der Waals surface area (Å²) in [6.45, 7) is 0.401. The maximum absolute atomic E-state index is 11.6. The molecule has 0 saturated heterocycles. The van der Waals surface area contributed by atoms with Crippen LogP contribution in [-0.2, 0) is 6.54 Å². The van der Waals surface area contributed by atoms with Crippen molar-refractivity contribution in [2.75, 3.05) is 0 Å². The van der Waals surface area contributed by atoms with Crippen LogP contribution in [0, 0.1) is 0 Å². The molecule has 1 fully saturated rings. The second kappa shape index (κ2) is 6.22. The molecule has 1 saturated carbocycles. The smallest absolute Gasteiger partial charge is 0.335 e. The number of amides is 2. The predicted octanol–water partition coefficient (Wildman–Crippen LogP) is 2.13. The number of hydrogen-bond acceptors (Lipinski definition) is 2. The number of carboxylic acids is 1. The molecule has 2 rings (SSSR count). The first-order valence-electron chi connectivity index (χ1n) is 6.52. The Hall–Kier alpha value is -2.04. The molecule has 102 valence electrons. The lowest BCUT2D eigenvalue weighted by Gasteiger charge is -2.13. The van der Waals surface area contributed by atoms with Gasteiger partial charge in [0.15, 0.2) is 0 Å². The maximum atomic E-state index is 11.6. The predicted molar refractivity (Wildman–Crippen MR) is 71.0 cm³/mol. The zero-order valence-corrected chi connectivity index (χ0v) is 10.7. The summed E-state index contributed by atoms with van der Waals surface area (Å²) in [6.07, 6.45) is 4.48. The van der Waals surface area contributed by atoms with Crippen molar-refractivity contribution in [3.05, 3.63) is 35.4 Å². The van der Waals surface area contributed by atoms with E-state index in [-0.39, 0.29) is 11.6 Å². The maximum Gasteiger partial charge on any atom is 0.335 e. The third-order valence-corrected chi connectivity index (χ3v) is 3.34. The summed E-state index contributed by atoms with van der Waals surface area (Å²) in [5, 5.41) is 14.5. The molecule has 5 nitrogen and oxygen atoms in total. The van der Waals surface area contributed by atoms with Crippen LogP contribution in [0.2, 0.25) is 0 Å². The van der Waals surface area contributed by atoms with Crippen LogP contribution in [0.15, 0.2) is 24.3 Å². The van der Waals surface area contributed by atoms with Gasteiger partial charge in [0.2, 0.25) is 0 Å². The van der Waals surface area contributed by atoms with Crippen LogP contribution in [0.4, 0.5) is 4.79 Å². The molecule has 0 aromatic heterocycles. The fourth-order valence-electron chi connectivity index (χ4n) is 2.25. The minimum Gasteiger partial charge on any atom is -0.478 e. The number of carbonyl (C=O) groups is 2. The van der Waals surface area contributed by atoms with Gasteiger partial charge >= 0.3 is 12.0 Å². The quantitative estimate of drug-likeness (QED) is 0.777. The Labute approximate surface area is 112 Å². The van der Waals surface area contributed by atoms with E-state index in [1.54, 1.807) is 12.1 Å². The van der Waals surface area contributed by atoms with E-state index in [2.05, 4.69) is 10.6 Å². The fourth-order valence-corrected chi connectivity index (χ4v) is 2.25. The van der Waals surface area contributed by atoms with Gasteiger partial charge in [-0.05, 0) is 30.5 Å². The highest BCUT2D eigenvalue weighted by Crippen LogP contribution is 2.17. The number of benzene rings is 1. The standard InChI is InChI=1S/C14H18N2O3/c17-13(18)11-7-5-10(6-8-11)9-15-14(19)16-12-3-1-2-4-12/h5-8,12H,1-4,9H2,(H,17,18)(H2,15,16,19). The summed E-state index contributed by atoms with van der Waals surface area (Å²) < 4.78 is 0. The number of rotatable bonds is 4. The highest BCUT2D eigenvalue weighted by Gasteiger charge is 2.16. The molecule has 0 heterocycles. The molecule has 0 bridgehead atoms. The van der Waals surface area contributed by atoms with Crippen molar-refractivity contribution in [3.63, 3.8) is 0 Å². The Morgan fingerprint density at radius 3 is 2.37 bits per heavy atom. The number of nitrogens with one attached hydrogen (secondary N) is 2. The molecule has 1 aliphatic rings. The van der Waals surface area contributed by atoms with Gasteiger partial charge in [-0.25, -0.2) is 9.59 Å². The van der Waals surface area contributed by atoms with Gasteiger partial charge in [0.1, 0.15) is 0 Å². The van der Waals surface area contributed by atoms with Crippen LogP contribution >= 0.6 is 0 Å². The number of aromatic carboxylic acids is 1. The Balaban J connectivity index is 1.77. The van der Waals surface area contributed by atoms with Gasteiger partial charge in [-0.2, -0.15) is 0 Å². The Morgan fingerprint density at radius 1 is 1.16 bits per heavy atom. The van der Waals surface area contributed by atoms with E-state index in [1.807, 2.05) is 0 Å². The highest BCUT2D eigenvalue weighted by molar-refractivity contribution is 5.87. The third-order valence-electron chi connectivity index (χ3n) is 3.34. The topological polar surface area (TPSA) is 78.4 Å². The van der Waals surface area contributed by atoms with E-state index in [0.717, 1.165) is 18.4 Å². The van der Waals surface area contributed by atoms with Crippen molar-refractivity contribution in [1.82, 2.24) is 10.6 Å². The number of carboxylic acid groups (broad SMARTS) is 1. The normalized spacial score (nSPS) is 15.2. The summed E-state index contributed by atoms with van der Waals surface area (Å²) in [5.74, 6) is -0.946. The van der Waals surface area contributed by atoms with Crippen LogP contribution in [-0.4, -0.2) is 23.1 Å². The summed E-state index contributed by atoms with van der Waals surface area (Å²) >= 11 is 0. The molecule has 3 N–H and O–H groups in total. The first kappa shape index (κ1) is 13.4. The zero-order chi connectivity index (χ0) is 13.7. The minimum atomic E-state index is -0.946. The van der Waals surface area contributed by atoms with Crippen LogP contribution in [0.5, 0.6) is 0 Å². The van der Waals surface area contributed by atoms with E-state index in [0.29, 0.717) is 12.6 Å². The molecule has 0 unspecified atom stereocenters. The van der Waals surface area contributed by atoms with Crippen molar-refractivity contribution in [2.45, 2.75) is 38.3 Å². The van der Waals surface area contributed by atoms with E-state index in [4.69, 9.17) is 5.11 Å². The fraction of sp³-hybridized carbons (Fsp3) is 0.429. The largest absolute Gasteiger partial charge is 0.478 e. The van der Waals surface area contributed by atoms with Gasteiger partial charge in [-0.15, -0.1) is 0 Å². The van der Waals surface area contributed by atoms with Gasteiger partial charge in [0, 0.05) is 12.6 Å².